The molecule has 8 heteroatoms. The summed E-state index contributed by atoms with van der Waals surface area (Å²) in [6.45, 7) is 6.64. The topological polar surface area (TPSA) is 71.5 Å². The number of thioether (sulfide) groups is 1. The number of aromatic nitrogens is 1. The molecule has 1 aliphatic rings. The Labute approximate surface area is 167 Å². The summed E-state index contributed by atoms with van der Waals surface area (Å²) < 4.78 is 5.59. The highest BCUT2D eigenvalue weighted by molar-refractivity contribution is 8.00. The summed E-state index contributed by atoms with van der Waals surface area (Å²) in [6.07, 6.45) is 1.72. The number of hydrogen-bond donors (Lipinski definition) is 1. The third kappa shape index (κ3) is 4.44. The first kappa shape index (κ1) is 19.7. The Balaban J connectivity index is 1.66. The van der Waals surface area contributed by atoms with Crippen LogP contribution in [0, 0.1) is 0 Å². The van der Waals surface area contributed by atoms with Crippen molar-refractivity contribution in [3.8, 4) is 17.0 Å². The van der Waals surface area contributed by atoms with Crippen molar-refractivity contribution >= 4 is 40.5 Å². The molecular weight excluding hydrogens is 382 g/mol. The molecule has 1 unspecified atom stereocenters. The van der Waals surface area contributed by atoms with E-state index in [4.69, 9.17) is 4.74 Å². The number of nitrogens with zero attached hydrogens (tertiary/aromatic N) is 2. The highest BCUT2D eigenvalue weighted by atomic mass is 32.2. The van der Waals surface area contributed by atoms with Crippen molar-refractivity contribution in [1.29, 1.82) is 0 Å². The largest absolute Gasteiger partial charge is 0.494 e. The van der Waals surface area contributed by atoms with E-state index in [1.807, 2.05) is 43.5 Å². The predicted octanol–water partition coefficient (Wildman–Crippen LogP) is 3.85. The van der Waals surface area contributed by atoms with E-state index in [0.717, 1.165) is 29.8 Å². The SMILES string of the molecule is CCCOc1ccc(-c2csc(NC(=O)C3CSC(C)(C)N3C=O)n2)cc1. The van der Waals surface area contributed by atoms with Gasteiger partial charge in [-0.1, -0.05) is 6.92 Å². The van der Waals surface area contributed by atoms with Crippen molar-refractivity contribution in [2.45, 2.75) is 38.1 Å². The van der Waals surface area contributed by atoms with Crippen LogP contribution in [0.1, 0.15) is 27.2 Å². The van der Waals surface area contributed by atoms with E-state index in [1.54, 1.807) is 16.7 Å². The Morgan fingerprint density at radius 1 is 1.41 bits per heavy atom. The number of anilines is 1. The first-order chi connectivity index (χ1) is 12.9. The fourth-order valence-electron chi connectivity index (χ4n) is 2.81. The molecule has 3 rings (SSSR count). The van der Waals surface area contributed by atoms with Gasteiger partial charge in [-0.3, -0.25) is 9.59 Å². The van der Waals surface area contributed by atoms with Crippen LogP contribution in [-0.4, -0.2) is 45.5 Å². The van der Waals surface area contributed by atoms with Crippen molar-refractivity contribution in [3.63, 3.8) is 0 Å². The fourth-order valence-corrected chi connectivity index (χ4v) is 4.73. The van der Waals surface area contributed by atoms with E-state index < -0.39 is 6.04 Å². The number of carbonyl (C=O) groups excluding carboxylic acids is 2. The second-order valence-electron chi connectivity index (χ2n) is 6.69. The van der Waals surface area contributed by atoms with Gasteiger partial charge in [0.15, 0.2) is 5.13 Å². The number of hydrogen-bond acceptors (Lipinski definition) is 6. The molecule has 144 valence electrons. The molecule has 0 aliphatic carbocycles. The predicted molar refractivity (Wildman–Crippen MR) is 110 cm³/mol. The van der Waals surface area contributed by atoms with Crippen LogP contribution in [0.2, 0.25) is 0 Å². The molecule has 1 aromatic carbocycles. The van der Waals surface area contributed by atoms with Gasteiger partial charge in [0.05, 0.1) is 17.2 Å². The van der Waals surface area contributed by atoms with E-state index in [2.05, 4.69) is 17.2 Å². The molecule has 1 atom stereocenters. The van der Waals surface area contributed by atoms with Crippen LogP contribution in [0.25, 0.3) is 11.3 Å². The Hall–Kier alpha value is -2.06. The third-order valence-corrected chi connectivity index (χ3v) is 6.48. The molecule has 27 heavy (non-hydrogen) atoms. The van der Waals surface area contributed by atoms with Gasteiger partial charge < -0.3 is 15.0 Å². The van der Waals surface area contributed by atoms with Gasteiger partial charge in [0.1, 0.15) is 11.8 Å². The standard InChI is InChI=1S/C19H23N3O3S2/c1-4-9-25-14-7-5-13(6-8-14)15-10-26-18(20-15)21-17(24)16-11-27-19(2,3)22(16)12-23/h5-8,10,12,16H,4,9,11H2,1-3H3,(H,20,21,24). The molecule has 1 aliphatic heterocycles. The molecule has 0 radical (unpaired) electrons. The van der Waals surface area contributed by atoms with Crippen molar-refractivity contribution in [1.82, 2.24) is 9.88 Å². The monoisotopic (exact) mass is 405 g/mol. The number of carbonyl (C=O) groups is 2. The molecule has 6 nitrogen and oxygen atoms in total. The zero-order valence-electron chi connectivity index (χ0n) is 15.6. The summed E-state index contributed by atoms with van der Waals surface area (Å²) >= 11 is 2.96. The van der Waals surface area contributed by atoms with Crippen LogP contribution in [0.3, 0.4) is 0 Å². The maximum atomic E-state index is 12.6. The van der Waals surface area contributed by atoms with Gasteiger partial charge in [0.25, 0.3) is 0 Å². The second-order valence-corrected chi connectivity index (χ2v) is 9.17. The quantitative estimate of drug-likeness (QED) is 0.709. The minimum absolute atomic E-state index is 0.204. The van der Waals surface area contributed by atoms with Gasteiger partial charge in [-0.15, -0.1) is 23.1 Å². The first-order valence-electron chi connectivity index (χ1n) is 8.82. The molecule has 0 spiro atoms. The minimum atomic E-state index is -0.482. The zero-order chi connectivity index (χ0) is 19.4. The molecule has 2 amide bonds. The fraction of sp³-hybridized carbons (Fsp3) is 0.421. The van der Waals surface area contributed by atoms with Gasteiger partial charge in [-0.2, -0.15) is 0 Å². The van der Waals surface area contributed by atoms with Crippen molar-refractivity contribution in [3.05, 3.63) is 29.6 Å². The lowest BCUT2D eigenvalue weighted by Crippen LogP contribution is -2.47. The lowest BCUT2D eigenvalue weighted by molar-refractivity contribution is -0.130. The van der Waals surface area contributed by atoms with Crippen LogP contribution >= 0.6 is 23.1 Å². The van der Waals surface area contributed by atoms with Gasteiger partial charge >= 0.3 is 0 Å². The van der Waals surface area contributed by atoms with Crippen LogP contribution in [0.5, 0.6) is 5.75 Å². The van der Waals surface area contributed by atoms with E-state index in [1.165, 1.54) is 11.3 Å². The van der Waals surface area contributed by atoms with Crippen LogP contribution in [-0.2, 0) is 9.59 Å². The molecule has 2 aromatic rings. The second kappa shape index (κ2) is 8.31. The highest BCUT2D eigenvalue weighted by Gasteiger charge is 2.43. The van der Waals surface area contributed by atoms with Crippen molar-refractivity contribution in [2.75, 3.05) is 17.7 Å². The van der Waals surface area contributed by atoms with Crippen molar-refractivity contribution < 1.29 is 14.3 Å². The summed E-state index contributed by atoms with van der Waals surface area (Å²) in [5, 5.41) is 5.28. The number of rotatable bonds is 7. The highest BCUT2D eigenvalue weighted by Crippen LogP contribution is 2.38. The summed E-state index contributed by atoms with van der Waals surface area (Å²) in [4.78, 5) is 29.7. The van der Waals surface area contributed by atoms with E-state index in [9.17, 15) is 9.59 Å². The number of nitrogens with one attached hydrogen (secondary N) is 1. The van der Waals surface area contributed by atoms with Gasteiger partial charge in [0.2, 0.25) is 12.3 Å². The van der Waals surface area contributed by atoms with Crippen LogP contribution in [0.4, 0.5) is 5.13 Å². The maximum absolute atomic E-state index is 12.6. The minimum Gasteiger partial charge on any atom is -0.494 e. The van der Waals surface area contributed by atoms with Gasteiger partial charge in [-0.25, -0.2) is 4.98 Å². The molecule has 1 aromatic heterocycles. The van der Waals surface area contributed by atoms with Gasteiger partial charge in [0, 0.05) is 16.7 Å². The summed E-state index contributed by atoms with van der Waals surface area (Å²) in [7, 11) is 0. The zero-order valence-corrected chi connectivity index (χ0v) is 17.2. The van der Waals surface area contributed by atoms with Gasteiger partial charge in [-0.05, 0) is 44.5 Å². The third-order valence-electron chi connectivity index (χ3n) is 4.33. The normalized spacial score (nSPS) is 18.3. The lowest BCUT2D eigenvalue weighted by Gasteiger charge is -2.29. The lowest BCUT2D eigenvalue weighted by atomic mass is 10.2. The molecule has 1 fully saturated rings. The molecule has 1 saturated heterocycles. The van der Waals surface area contributed by atoms with E-state index in [0.29, 0.717) is 17.5 Å². The Morgan fingerprint density at radius 3 is 2.81 bits per heavy atom. The number of benzene rings is 1. The smallest absolute Gasteiger partial charge is 0.249 e. The average molecular weight is 406 g/mol. The summed E-state index contributed by atoms with van der Waals surface area (Å²) in [5.74, 6) is 1.21. The Morgan fingerprint density at radius 2 is 2.15 bits per heavy atom. The summed E-state index contributed by atoms with van der Waals surface area (Å²) in [6, 6.07) is 7.26. The maximum Gasteiger partial charge on any atom is 0.249 e. The Kier molecular flexibility index (Phi) is 6.06. The molecule has 0 bridgehead atoms. The Bertz CT molecular complexity index is 805. The average Bonchev–Trinajstić information content (AvgIpc) is 3.23. The summed E-state index contributed by atoms with van der Waals surface area (Å²) in [5.41, 5.74) is 1.76. The molecule has 0 saturated carbocycles. The van der Waals surface area contributed by atoms with Crippen LogP contribution < -0.4 is 10.1 Å². The molecule has 1 N–H and O–H groups in total. The van der Waals surface area contributed by atoms with E-state index in [-0.39, 0.29) is 10.8 Å². The van der Waals surface area contributed by atoms with Crippen LogP contribution in [0.15, 0.2) is 29.6 Å². The number of ether oxygens (including phenoxy) is 1. The van der Waals surface area contributed by atoms with E-state index >= 15 is 0 Å². The number of amides is 2. The van der Waals surface area contributed by atoms with Crippen molar-refractivity contribution in [2.24, 2.45) is 0 Å². The molecule has 2 heterocycles. The number of thiazole rings is 1. The molecular formula is C19H23N3O3S2. The first-order valence-corrected chi connectivity index (χ1v) is 10.7.